The molecule has 0 amide bonds. The van der Waals surface area contributed by atoms with Crippen LogP contribution in [0.5, 0.6) is 5.75 Å². The fourth-order valence-electron chi connectivity index (χ4n) is 1.78. The Bertz CT molecular complexity index is 497. The number of benzene rings is 1. The number of thiophene rings is 1. The zero-order chi connectivity index (χ0) is 12.5. The zero-order valence-corrected chi connectivity index (χ0v) is 11.0. The first kappa shape index (κ1) is 12.1. The Morgan fingerprint density at radius 1 is 1.18 bits per heavy atom. The van der Waals surface area contributed by atoms with E-state index in [1.165, 1.54) is 4.88 Å². The average Bonchev–Trinajstić information content (AvgIpc) is 2.77. The number of hydrogen-bond acceptors (Lipinski definition) is 3. The second-order valence-electron chi connectivity index (χ2n) is 4.25. The molecule has 0 radical (unpaired) electrons. The van der Waals surface area contributed by atoms with Crippen LogP contribution in [0.2, 0.25) is 0 Å². The molecule has 1 atom stereocenters. The van der Waals surface area contributed by atoms with Gasteiger partial charge in [0, 0.05) is 4.88 Å². The van der Waals surface area contributed by atoms with Gasteiger partial charge in [-0.05, 0) is 48.6 Å². The van der Waals surface area contributed by atoms with Crippen molar-refractivity contribution in [2.75, 3.05) is 7.11 Å². The van der Waals surface area contributed by atoms with Crippen molar-refractivity contribution in [3.8, 4) is 5.75 Å². The van der Waals surface area contributed by atoms with Crippen molar-refractivity contribution in [3.05, 3.63) is 51.7 Å². The molecule has 1 aromatic carbocycles. The van der Waals surface area contributed by atoms with E-state index in [1.54, 1.807) is 18.4 Å². The van der Waals surface area contributed by atoms with E-state index < -0.39 is 5.60 Å². The van der Waals surface area contributed by atoms with Crippen LogP contribution in [0.4, 0.5) is 0 Å². The van der Waals surface area contributed by atoms with Crippen LogP contribution in [0.3, 0.4) is 0 Å². The molecule has 1 N–H and O–H groups in total. The minimum atomic E-state index is -0.947. The van der Waals surface area contributed by atoms with Crippen LogP contribution in [-0.4, -0.2) is 12.2 Å². The molecule has 1 unspecified atom stereocenters. The number of rotatable bonds is 3. The van der Waals surface area contributed by atoms with Crippen LogP contribution >= 0.6 is 11.3 Å². The molecule has 2 rings (SSSR count). The maximum atomic E-state index is 10.6. The van der Waals surface area contributed by atoms with Crippen molar-refractivity contribution in [1.29, 1.82) is 0 Å². The average molecular weight is 248 g/mol. The first-order valence-electron chi connectivity index (χ1n) is 5.46. The summed E-state index contributed by atoms with van der Waals surface area (Å²) >= 11 is 1.65. The Hall–Kier alpha value is -1.32. The summed E-state index contributed by atoms with van der Waals surface area (Å²) in [5.41, 5.74) is 0.859. The smallest absolute Gasteiger partial charge is 0.118 e. The third-order valence-corrected chi connectivity index (χ3v) is 3.81. The lowest BCUT2D eigenvalue weighted by Gasteiger charge is -2.23. The second kappa shape index (κ2) is 4.51. The van der Waals surface area contributed by atoms with Crippen LogP contribution in [0, 0.1) is 6.92 Å². The molecule has 1 aromatic heterocycles. The van der Waals surface area contributed by atoms with Crippen LogP contribution in [-0.2, 0) is 5.60 Å². The van der Waals surface area contributed by atoms with E-state index >= 15 is 0 Å². The first-order chi connectivity index (χ1) is 8.04. The van der Waals surface area contributed by atoms with E-state index in [4.69, 9.17) is 4.74 Å². The maximum absolute atomic E-state index is 10.6. The van der Waals surface area contributed by atoms with Crippen LogP contribution in [0.1, 0.15) is 22.9 Å². The van der Waals surface area contributed by atoms with Gasteiger partial charge in [-0.25, -0.2) is 0 Å². The summed E-state index contributed by atoms with van der Waals surface area (Å²) in [6.07, 6.45) is 0. The molecule has 0 fully saturated rings. The Labute approximate surface area is 105 Å². The molecule has 0 bridgehead atoms. The van der Waals surface area contributed by atoms with E-state index in [0.717, 1.165) is 16.9 Å². The largest absolute Gasteiger partial charge is 0.497 e. The summed E-state index contributed by atoms with van der Waals surface area (Å²) in [4.78, 5) is 1.20. The van der Waals surface area contributed by atoms with Gasteiger partial charge in [0.05, 0.1) is 7.11 Å². The van der Waals surface area contributed by atoms with Crippen molar-refractivity contribution >= 4 is 11.3 Å². The highest BCUT2D eigenvalue weighted by Gasteiger charge is 2.26. The molecule has 0 spiro atoms. The number of hydrogen-bond donors (Lipinski definition) is 1. The summed E-state index contributed by atoms with van der Waals surface area (Å²) in [5, 5.41) is 12.6. The zero-order valence-electron chi connectivity index (χ0n) is 10.2. The molecule has 0 aliphatic heterocycles. The monoisotopic (exact) mass is 248 g/mol. The van der Waals surface area contributed by atoms with E-state index in [1.807, 2.05) is 49.6 Å². The van der Waals surface area contributed by atoms with Crippen molar-refractivity contribution in [1.82, 2.24) is 0 Å². The minimum absolute atomic E-state index is 0.797. The van der Waals surface area contributed by atoms with Gasteiger partial charge in [-0.1, -0.05) is 12.1 Å². The Morgan fingerprint density at radius 2 is 1.82 bits per heavy atom. The molecule has 2 nitrogen and oxygen atoms in total. The molecule has 17 heavy (non-hydrogen) atoms. The lowest BCUT2D eigenvalue weighted by atomic mass is 9.90. The van der Waals surface area contributed by atoms with Gasteiger partial charge in [-0.15, -0.1) is 11.3 Å². The summed E-state index contributed by atoms with van der Waals surface area (Å²) < 4.78 is 5.11. The highest BCUT2D eigenvalue weighted by atomic mass is 32.1. The summed E-state index contributed by atoms with van der Waals surface area (Å²) in [7, 11) is 1.63. The quantitative estimate of drug-likeness (QED) is 0.903. The van der Waals surface area contributed by atoms with Crippen molar-refractivity contribution < 1.29 is 9.84 Å². The molecule has 0 aliphatic carbocycles. The van der Waals surface area contributed by atoms with Crippen LogP contribution < -0.4 is 4.74 Å². The Morgan fingerprint density at radius 3 is 2.29 bits per heavy atom. The molecular formula is C14H16O2S. The van der Waals surface area contributed by atoms with E-state index in [2.05, 4.69) is 0 Å². The minimum Gasteiger partial charge on any atom is -0.497 e. The molecule has 0 saturated carbocycles. The second-order valence-corrected chi connectivity index (χ2v) is 5.36. The Kier molecular flexibility index (Phi) is 3.22. The first-order valence-corrected chi connectivity index (χ1v) is 6.34. The summed E-state index contributed by atoms with van der Waals surface area (Å²) in [6, 6.07) is 9.54. The third-order valence-electron chi connectivity index (χ3n) is 2.94. The van der Waals surface area contributed by atoms with Crippen LogP contribution in [0.25, 0.3) is 0 Å². The van der Waals surface area contributed by atoms with Crippen molar-refractivity contribution in [2.24, 2.45) is 0 Å². The van der Waals surface area contributed by atoms with Gasteiger partial charge in [0.25, 0.3) is 0 Å². The number of ether oxygens (including phenoxy) is 1. The molecule has 1 heterocycles. The number of aryl methyl sites for hydroxylation is 1. The molecule has 3 heteroatoms. The molecule has 90 valence electrons. The molecule has 2 aromatic rings. The van der Waals surface area contributed by atoms with Crippen LogP contribution in [0.15, 0.2) is 35.7 Å². The standard InChI is InChI=1S/C14H16O2S/c1-10-8-12(9-17-10)14(2,15)11-4-6-13(16-3)7-5-11/h4-9,15H,1-3H3. The van der Waals surface area contributed by atoms with Gasteiger partial charge in [0.2, 0.25) is 0 Å². The van der Waals surface area contributed by atoms with Gasteiger partial charge in [0.15, 0.2) is 0 Å². The van der Waals surface area contributed by atoms with Crippen molar-refractivity contribution in [3.63, 3.8) is 0 Å². The summed E-state index contributed by atoms with van der Waals surface area (Å²) in [5.74, 6) is 0.797. The highest BCUT2D eigenvalue weighted by molar-refractivity contribution is 7.10. The van der Waals surface area contributed by atoms with E-state index in [9.17, 15) is 5.11 Å². The molecular weight excluding hydrogens is 232 g/mol. The van der Waals surface area contributed by atoms with Gasteiger partial charge in [-0.3, -0.25) is 0 Å². The predicted molar refractivity (Wildman–Crippen MR) is 70.7 cm³/mol. The number of aliphatic hydroxyl groups is 1. The van der Waals surface area contributed by atoms with E-state index in [-0.39, 0.29) is 0 Å². The van der Waals surface area contributed by atoms with Gasteiger partial charge in [-0.2, -0.15) is 0 Å². The normalized spacial score (nSPS) is 14.4. The van der Waals surface area contributed by atoms with Gasteiger partial charge < -0.3 is 9.84 Å². The lowest BCUT2D eigenvalue weighted by Crippen LogP contribution is -2.21. The van der Waals surface area contributed by atoms with Crippen molar-refractivity contribution in [2.45, 2.75) is 19.4 Å². The lowest BCUT2D eigenvalue weighted by molar-refractivity contribution is 0.103. The number of methoxy groups -OCH3 is 1. The fourth-order valence-corrected chi connectivity index (χ4v) is 2.59. The third kappa shape index (κ3) is 2.35. The predicted octanol–water partition coefficient (Wildman–Crippen LogP) is 3.32. The topological polar surface area (TPSA) is 29.5 Å². The fraction of sp³-hybridized carbons (Fsp3) is 0.286. The SMILES string of the molecule is COc1ccc(C(C)(O)c2csc(C)c2)cc1. The Balaban J connectivity index is 2.36. The highest BCUT2D eigenvalue weighted by Crippen LogP contribution is 2.32. The van der Waals surface area contributed by atoms with Gasteiger partial charge >= 0.3 is 0 Å². The molecule has 0 aliphatic rings. The van der Waals surface area contributed by atoms with Gasteiger partial charge in [0.1, 0.15) is 11.4 Å². The van der Waals surface area contributed by atoms with E-state index in [0.29, 0.717) is 0 Å². The maximum Gasteiger partial charge on any atom is 0.118 e. The molecule has 0 saturated heterocycles. The summed E-state index contributed by atoms with van der Waals surface area (Å²) in [6.45, 7) is 3.86.